The summed E-state index contributed by atoms with van der Waals surface area (Å²) in [6.07, 6.45) is 0. The highest BCUT2D eigenvalue weighted by molar-refractivity contribution is 9.10. The lowest BCUT2D eigenvalue weighted by molar-refractivity contribution is 0.629. The topological polar surface area (TPSA) is 24.9 Å². The summed E-state index contributed by atoms with van der Waals surface area (Å²) in [6.45, 7) is 1.94. The van der Waals surface area contributed by atoms with Gasteiger partial charge in [-0.1, -0.05) is 0 Å². The van der Waals surface area contributed by atoms with Crippen LogP contribution in [0.5, 0.6) is 0 Å². The van der Waals surface area contributed by atoms with Gasteiger partial charge in [0.1, 0.15) is 11.6 Å². The number of anilines is 1. The van der Waals surface area contributed by atoms with Crippen LogP contribution in [0.4, 0.5) is 10.2 Å². The SMILES string of the molecule is CNc1nc2c(Br)cc(F)cc2cc1C. The van der Waals surface area contributed by atoms with Crippen LogP contribution in [0, 0.1) is 12.7 Å². The number of hydrogen-bond acceptors (Lipinski definition) is 2. The second-order valence-corrected chi connectivity index (χ2v) is 4.22. The summed E-state index contributed by atoms with van der Waals surface area (Å²) in [5, 5.41) is 3.81. The molecule has 0 aliphatic rings. The summed E-state index contributed by atoms with van der Waals surface area (Å²) in [5.74, 6) is 0.558. The van der Waals surface area contributed by atoms with Crippen molar-refractivity contribution in [2.45, 2.75) is 6.92 Å². The molecule has 2 aromatic rings. The molecule has 2 nitrogen and oxygen atoms in total. The summed E-state index contributed by atoms with van der Waals surface area (Å²) in [7, 11) is 1.82. The zero-order valence-corrected chi connectivity index (χ0v) is 10.0. The first-order chi connectivity index (χ1) is 7.11. The average molecular weight is 269 g/mol. The molecule has 0 aliphatic heterocycles. The van der Waals surface area contributed by atoms with E-state index in [0.29, 0.717) is 4.47 Å². The normalized spacial score (nSPS) is 10.7. The molecule has 0 saturated carbocycles. The lowest BCUT2D eigenvalue weighted by atomic mass is 10.1. The highest BCUT2D eigenvalue weighted by Crippen LogP contribution is 2.27. The van der Waals surface area contributed by atoms with Crippen molar-refractivity contribution < 1.29 is 4.39 Å². The van der Waals surface area contributed by atoms with Crippen molar-refractivity contribution in [1.29, 1.82) is 0 Å². The maximum absolute atomic E-state index is 13.1. The van der Waals surface area contributed by atoms with Crippen molar-refractivity contribution in [1.82, 2.24) is 4.98 Å². The van der Waals surface area contributed by atoms with E-state index in [2.05, 4.69) is 26.2 Å². The fourth-order valence-corrected chi connectivity index (χ4v) is 2.10. The van der Waals surface area contributed by atoms with E-state index in [1.807, 2.05) is 20.0 Å². The molecule has 4 heteroatoms. The van der Waals surface area contributed by atoms with Crippen molar-refractivity contribution in [2.75, 3.05) is 12.4 Å². The molecular formula is C11H10BrFN2. The monoisotopic (exact) mass is 268 g/mol. The lowest BCUT2D eigenvalue weighted by Gasteiger charge is -2.07. The van der Waals surface area contributed by atoms with Crippen LogP contribution in [0.2, 0.25) is 0 Å². The van der Waals surface area contributed by atoms with Crippen molar-refractivity contribution in [3.63, 3.8) is 0 Å². The third-order valence-electron chi connectivity index (χ3n) is 2.26. The first-order valence-corrected chi connectivity index (χ1v) is 5.35. The number of hydrogen-bond donors (Lipinski definition) is 1. The average Bonchev–Trinajstić information content (AvgIpc) is 2.16. The Kier molecular flexibility index (Phi) is 2.61. The lowest BCUT2D eigenvalue weighted by Crippen LogP contribution is -1.96. The molecule has 0 radical (unpaired) electrons. The molecule has 78 valence electrons. The number of benzene rings is 1. The van der Waals surface area contributed by atoms with Crippen LogP contribution in [0.25, 0.3) is 10.9 Å². The molecule has 0 spiro atoms. The van der Waals surface area contributed by atoms with Crippen molar-refractivity contribution in [3.05, 3.63) is 34.1 Å². The van der Waals surface area contributed by atoms with Crippen LogP contribution in [0.15, 0.2) is 22.7 Å². The number of nitrogens with one attached hydrogen (secondary N) is 1. The maximum Gasteiger partial charge on any atom is 0.129 e. The van der Waals surface area contributed by atoms with Gasteiger partial charge >= 0.3 is 0 Å². The number of aryl methyl sites for hydroxylation is 1. The zero-order chi connectivity index (χ0) is 11.0. The van der Waals surface area contributed by atoms with Gasteiger partial charge in [-0.2, -0.15) is 0 Å². The molecule has 0 fully saturated rings. The van der Waals surface area contributed by atoms with Crippen molar-refractivity contribution in [3.8, 4) is 0 Å². The molecule has 0 unspecified atom stereocenters. The quantitative estimate of drug-likeness (QED) is 0.857. The largest absolute Gasteiger partial charge is 0.373 e. The van der Waals surface area contributed by atoms with Gasteiger partial charge in [-0.3, -0.25) is 0 Å². The van der Waals surface area contributed by atoms with E-state index in [-0.39, 0.29) is 5.82 Å². The van der Waals surface area contributed by atoms with Crippen molar-refractivity contribution in [2.24, 2.45) is 0 Å². The standard InChI is InChI=1S/C11H10BrFN2/c1-6-3-7-4-8(13)5-9(12)10(7)15-11(6)14-2/h3-5H,1-2H3,(H,14,15). The first-order valence-electron chi connectivity index (χ1n) is 4.56. The van der Waals surface area contributed by atoms with E-state index in [1.165, 1.54) is 12.1 Å². The minimum atomic E-state index is -0.257. The molecule has 15 heavy (non-hydrogen) atoms. The Morgan fingerprint density at radius 3 is 2.73 bits per heavy atom. The Labute approximate surface area is 95.6 Å². The maximum atomic E-state index is 13.1. The van der Waals surface area contributed by atoms with Gasteiger partial charge < -0.3 is 5.32 Å². The van der Waals surface area contributed by atoms with E-state index in [0.717, 1.165) is 22.3 Å². The fourth-order valence-electron chi connectivity index (χ4n) is 1.57. The van der Waals surface area contributed by atoms with E-state index in [4.69, 9.17) is 0 Å². The predicted molar refractivity (Wildman–Crippen MR) is 63.7 cm³/mol. The second-order valence-electron chi connectivity index (χ2n) is 3.36. The Morgan fingerprint density at radius 2 is 2.07 bits per heavy atom. The molecule has 2 rings (SSSR count). The van der Waals surface area contributed by atoms with Gasteiger partial charge in [0.2, 0.25) is 0 Å². The second kappa shape index (κ2) is 3.77. The van der Waals surface area contributed by atoms with Crippen LogP contribution in [-0.2, 0) is 0 Å². The van der Waals surface area contributed by atoms with E-state index in [1.54, 1.807) is 0 Å². The van der Waals surface area contributed by atoms with Gasteiger partial charge in [-0.25, -0.2) is 9.37 Å². The summed E-state index contributed by atoms with van der Waals surface area (Å²) in [6, 6.07) is 4.83. The minimum Gasteiger partial charge on any atom is -0.373 e. The highest BCUT2D eigenvalue weighted by Gasteiger charge is 2.06. The fraction of sp³-hybridized carbons (Fsp3) is 0.182. The van der Waals surface area contributed by atoms with Gasteiger partial charge in [0, 0.05) is 16.9 Å². The van der Waals surface area contributed by atoms with Gasteiger partial charge in [0.15, 0.2) is 0 Å². The molecule has 0 amide bonds. The third kappa shape index (κ3) is 1.81. The van der Waals surface area contributed by atoms with Gasteiger partial charge in [0.25, 0.3) is 0 Å². The number of halogens is 2. The van der Waals surface area contributed by atoms with E-state index < -0.39 is 0 Å². The van der Waals surface area contributed by atoms with Gasteiger partial charge in [-0.05, 0) is 46.6 Å². The Hall–Kier alpha value is -1.16. The summed E-state index contributed by atoms with van der Waals surface area (Å²) < 4.78 is 13.8. The molecule has 1 heterocycles. The zero-order valence-electron chi connectivity index (χ0n) is 8.44. The smallest absolute Gasteiger partial charge is 0.129 e. The van der Waals surface area contributed by atoms with Gasteiger partial charge in [-0.15, -0.1) is 0 Å². The number of rotatable bonds is 1. The number of aromatic nitrogens is 1. The molecule has 1 aromatic carbocycles. The molecule has 0 bridgehead atoms. The van der Waals surface area contributed by atoms with Crippen LogP contribution >= 0.6 is 15.9 Å². The molecule has 1 N–H and O–H groups in total. The Bertz CT molecular complexity index is 525. The summed E-state index contributed by atoms with van der Waals surface area (Å²) in [5.41, 5.74) is 1.77. The number of fused-ring (bicyclic) bond motifs is 1. The first kappa shape index (κ1) is 10.4. The molecule has 1 aromatic heterocycles. The third-order valence-corrected chi connectivity index (χ3v) is 2.87. The van der Waals surface area contributed by atoms with Crippen LogP contribution in [0.3, 0.4) is 0 Å². The van der Waals surface area contributed by atoms with Crippen molar-refractivity contribution >= 4 is 32.7 Å². The van der Waals surface area contributed by atoms with E-state index >= 15 is 0 Å². The minimum absolute atomic E-state index is 0.257. The Morgan fingerprint density at radius 1 is 1.33 bits per heavy atom. The summed E-state index contributed by atoms with van der Waals surface area (Å²) >= 11 is 3.31. The van der Waals surface area contributed by atoms with Crippen LogP contribution in [-0.4, -0.2) is 12.0 Å². The van der Waals surface area contributed by atoms with Crippen LogP contribution in [0.1, 0.15) is 5.56 Å². The molecule has 0 saturated heterocycles. The Balaban J connectivity index is 2.81. The molecule has 0 atom stereocenters. The molecule has 0 aliphatic carbocycles. The number of nitrogens with zero attached hydrogens (tertiary/aromatic N) is 1. The van der Waals surface area contributed by atoms with Gasteiger partial charge in [0.05, 0.1) is 5.52 Å². The summed E-state index contributed by atoms with van der Waals surface area (Å²) in [4.78, 5) is 4.41. The highest BCUT2D eigenvalue weighted by atomic mass is 79.9. The predicted octanol–water partition coefficient (Wildman–Crippen LogP) is 3.49. The van der Waals surface area contributed by atoms with Crippen LogP contribution < -0.4 is 5.32 Å². The molecular weight excluding hydrogens is 259 g/mol. The number of pyridine rings is 1. The van der Waals surface area contributed by atoms with E-state index in [9.17, 15) is 4.39 Å².